The Kier molecular flexibility index (Phi) is 5.17. The fourth-order valence-corrected chi connectivity index (χ4v) is 2.93. The number of H-pyrrole nitrogens is 1. The van der Waals surface area contributed by atoms with E-state index >= 15 is 0 Å². The lowest BCUT2D eigenvalue weighted by Crippen LogP contribution is -2.27. The van der Waals surface area contributed by atoms with Crippen LogP contribution in [0.3, 0.4) is 0 Å². The van der Waals surface area contributed by atoms with Gasteiger partial charge in [-0.15, -0.1) is 0 Å². The summed E-state index contributed by atoms with van der Waals surface area (Å²) < 4.78 is 3.18. The maximum Gasteiger partial charge on any atom is 0.252 e. The molecule has 0 saturated carbocycles. The van der Waals surface area contributed by atoms with Crippen molar-refractivity contribution in [1.82, 2.24) is 20.1 Å². The normalized spacial score (nSPS) is 10.6. The van der Waals surface area contributed by atoms with Gasteiger partial charge in [0.2, 0.25) is 0 Å². The van der Waals surface area contributed by atoms with E-state index in [0.29, 0.717) is 28.3 Å². The molecule has 0 bridgehead atoms. The molecule has 8 heteroatoms. The molecule has 0 radical (unpaired) electrons. The maximum absolute atomic E-state index is 12.0. The highest BCUT2D eigenvalue weighted by molar-refractivity contribution is 14.1. The molecule has 1 heterocycles. The number of aromatic amines is 1. The van der Waals surface area contributed by atoms with Gasteiger partial charge in [0, 0.05) is 28.6 Å². The summed E-state index contributed by atoms with van der Waals surface area (Å²) in [6.45, 7) is 0.491. The molecule has 106 valence electrons. The van der Waals surface area contributed by atoms with Crippen LogP contribution in [0.15, 0.2) is 18.2 Å². The number of hydrogen-bond donors (Lipinski definition) is 2. The van der Waals surface area contributed by atoms with Crippen molar-refractivity contribution >= 4 is 52.3 Å². The zero-order valence-electron chi connectivity index (χ0n) is 10.6. The largest absolute Gasteiger partial charge is 0.352 e. The van der Waals surface area contributed by atoms with Gasteiger partial charge in [0.25, 0.3) is 5.91 Å². The Bertz CT molecular complexity index is 697. The second kappa shape index (κ2) is 6.68. The van der Waals surface area contributed by atoms with Crippen molar-refractivity contribution in [2.45, 2.75) is 6.42 Å². The van der Waals surface area contributed by atoms with Crippen LogP contribution in [0.4, 0.5) is 0 Å². The van der Waals surface area contributed by atoms with E-state index in [4.69, 9.17) is 23.8 Å². The summed E-state index contributed by atoms with van der Waals surface area (Å²) in [5.41, 5.74) is 0.616. The number of amides is 1. The summed E-state index contributed by atoms with van der Waals surface area (Å²) in [6, 6.07) is 5.18. The minimum atomic E-state index is -0.122. The van der Waals surface area contributed by atoms with Gasteiger partial charge in [-0.2, -0.15) is 5.10 Å². The third-order valence-corrected chi connectivity index (χ3v) is 4.28. The van der Waals surface area contributed by atoms with Crippen molar-refractivity contribution in [2.24, 2.45) is 7.05 Å². The number of halogens is 2. The lowest BCUT2D eigenvalue weighted by Gasteiger charge is -2.07. The van der Waals surface area contributed by atoms with Gasteiger partial charge >= 0.3 is 0 Å². The lowest BCUT2D eigenvalue weighted by atomic mass is 10.2. The second-order valence-electron chi connectivity index (χ2n) is 4.13. The van der Waals surface area contributed by atoms with Crippen molar-refractivity contribution in [1.29, 1.82) is 0 Å². The van der Waals surface area contributed by atoms with Gasteiger partial charge in [0.05, 0.1) is 5.56 Å². The number of carbonyl (C=O) groups excluding carboxylic acids is 1. The predicted molar refractivity (Wildman–Crippen MR) is 88.6 cm³/mol. The van der Waals surface area contributed by atoms with Crippen LogP contribution in [0, 0.1) is 8.34 Å². The first-order chi connectivity index (χ1) is 9.49. The fraction of sp³-hybridized carbons (Fsp3) is 0.250. The Hall–Kier alpha value is -0.930. The number of hydrogen-bond acceptors (Lipinski definition) is 3. The molecule has 0 fully saturated rings. The smallest absolute Gasteiger partial charge is 0.252 e. The molecule has 1 aromatic heterocycles. The maximum atomic E-state index is 12.0. The van der Waals surface area contributed by atoms with Crippen LogP contribution >= 0.6 is 46.4 Å². The summed E-state index contributed by atoms with van der Waals surface area (Å²) >= 11 is 13.0. The molecule has 2 rings (SSSR count). The molecule has 2 aromatic rings. The Morgan fingerprint density at radius 3 is 2.95 bits per heavy atom. The number of nitrogens with zero attached hydrogens (tertiary/aromatic N) is 2. The number of benzene rings is 1. The quantitative estimate of drug-likeness (QED) is 0.588. The molecule has 0 unspecified atom stereocenters. The van der Waals surface area contributed by atoms with Gasteiger partial charge in [-0.05, 0) is 53.0 Å². The average Bonchev–Trinajstić information content (AvgIpc) is 2.70. The van der Waals surface area contributed by atoms with Crippen LogP contribution in [0.2, 0.25) is 5.02 Å². The van der Waals surface area contributed by atoms with Crippen molar-refractivity contribution < 1.29 is 4.79 Å². The van der Waals surface area contributed by atoms with Gasteiger partial charge < -0.3 is 9.88 Å². The summed E-state index contributed by atoms with van der Waals surface area (Å²) in [4.78, 5) is 12.0. The third-order valence-electron chi connectivity index (χ3n) is 2.78. The molecule has 0 spiro atoms. The highest BCUT2D eigenvalue weighted by atomic mass is 127. The number of nitrogens with one attached hydrogen (secondary N) is 2. The van der Waals surface area contributed by atoms with E-state index in [1.165, 1.54) is 0 Å². The molecule has 20 heavy (non-hydrogen) atoms. The molecule has 0 aliphatic carbocycles. The number of rotatable bonds is 4. The minimum absolute atomic E-state index is 0.122. The Morgan fingerprint density at radius 1 is 1.60 bits per heavy atom. The third kappa shape index (κ3) is 3.58. The van der Waals surface area contributed by atoms with Crippen LogP contribution < -0.4 is 5.32 Å². The summed E-state index contributed by atoms with van der Waals surface area (Å²) in [5, 5.41) is 10.3. The van der Waals surface area contributed by atoms with Crippen molar-refractivity contribution in [2.75, 3.05) is 6.54 Å². The molecule has 0 aliphatic rings. The molecular weight excluding hydrogens is 411 g/mol. The first-order valence-electron chi connectivity index (χ1n) is 5.82. The molecule has 0 atom stereocenters. The van der Waals surface area contributed by atoms with E-state index in [2.05, 4.69) is 38.1 Å². The standard InChI is InChI=1S/C12H12ClIN4OS/c1-18-10(16-17-12(18)20)4-5-15-11(19)8-3-2-7(13)6-9(8)14/h2-3,6H,4-5H2,1H3,(H,15,19)(H,17,20). The van der Waals surface area contributed by atoms with Crippen LogP contribution in [-0.2, 0) is 13.5 Å². The predicted octanol–water partition coefficient (Wildman–Crippen LogP) is 2.71. The Balaban J connectivity index is 1.95. The zero-order chi connectivity index (χ0) is 14.7. The van der Waals surface area contributed by atoms with E-state index < -0.39 is 0 Å². The van der Waals surface area contributed by atoms with Gasteiger partial charge in [-0.3, -0.25) is 9.89 Å². The molecule has 5 nitrogen and oxygen atoms in total. The Labute approximate surface area is 139 Å². The first-order valence-corrected chi connectivity index (χ1v) is 7.69. The lowest BCUT2D eigenvalue weighted by molar-refractivity contribution is 0.0953. The highest BCUT2D eigenvalue weighted by Crippen LogP contribution is 2.17. The van der Waals surface area contributed by atoms with Gasteiger partial charge in [-0.25, -0.2) is 0 Å². The molecule has 0 aliphatic heterocycles. The molecular formula is C12H12ClIN4OS. The monoisotopic (exact) mass is 422 g/mol. The van der Waals surface area contributed by atoms with Crippen LogP contribution in [0.25, 0.3) is 0 Å². The van der Waals surface area contributed by atoms with Crippen LogP contribution in [-0.4, -0.2) is 27.2 Å². The van der Waals surface area contributed by atoms with Crippen molar-refractivity contribution in [3.8, 4) is 0 Å². The summed E-state index contributed by atoms with van der Waals surface area (Å²) in [5.74, 6) is 0.684. The van der Waals surface area contributed by atoms with Crippen LogP contribution in [0.1, 0.15) is 16.2 Å². The second-order valence-corrected chi connectivity index (χ2v) is 6.12. The van der Waals surface area contributed by atoms with E-state index in [0.717, 1.165) is 9.39 Å². The van der Waals surface area contributed by atoms with Crippen molar-refractivity contribution in [3.63, 3.8) is 0 Å². The SMILES string of the molecule is Cn1c(CCNC(=O)c2ccc(Cl)cc2I)n[nH]c1=S. The topological polar surface area (TPSA) is 62.7 Å². The van der Waals surface area contributed by atoms with E-state index in [-0.39, 0.29) is 5.91 Å². The zero-order valence-corrected chi connectivity index (χ0v) is 14.3. The fourth-order valence-electron chi connectivity index (χ4n) is 1.66. The van der Waals surface area contributed by atoms with Gasteiger partial charge in [0.1, 0.15) is 5.82 Å². The van der Waals surface area contributed by atoms with E-state index in [9.17, 15) is 4.79 Å². The minimum Gasteiger partial charge on any atom is -0.352 e. The Morgan fingerprint density at radius 2 is 2.35 bits per heavy atom. The van der Waals surface area contributed by atoms with Crippen molar-refractivity contribution in [3.05, 3.63) is 43.0 Å². The molecule has 2 N–H and O–H groups in total. The number of aromatic nitrogens is 3. The average molecular weight is 423 g/mol. The van der Waals surface area contributed by atoms with E-state index in [1.807, 2.05) is 7.05 Å². The summed E-state index contributed by atoms with van der Waals surface area (Å²) in [7, 11) is 1.84. The number of carbonyl (C=O) groups is 1. The van der Waals surface area contributed by atoms with Gasteiger partial charge in [-0.1, -0.05) is 11.6 Å². The summed E-state index contributed by atoms with van der Waals surface area (Å²) in [6.07, 6.45) is 0.611. The molecule has 1 amide bonds. The van der Waals surface area contributed by atoms with Gasteiger partial charge in [0.15, 0.2) is 4.77 Å². The molecule has 1 aromatic carbocycles. The van der Waals surface area contributed by atoms with E-state index in [1.54, 1.807) is 22.8 Å². The van der Waals surface area contributed by atoms with Crippen LogP contribution in [0.5, 0.6) is 0 Å². The highest BCUT2D eigenvalue weighted by Gasteiger charge is 2.10. The molecule has 0 saturated heterocycles. The first kappa shape index (κ1) is 15.5.